The fraction of sp³-hybridized carbons (Fsp3) is 0.965. The molecular weight excluding hydrogens is 779 g/mol. The van der Waals surface area contributed by atoms with Gasteiger partial charge >= 0.3 is 11.9 Å². The highest BCUT2D eigenvalue weighted by atomic mass is 16.4. The number of rotatable bonds is 27. The smallest absolute Gasteiger partial charge is 0.306 e. The van der Waals surface area contributed by atoms with Gasteiger partial charge in [0, 0.05) is 0 Å². The second kappa shape index (κ2) is 40.0. The maximum atomic E-state index is 12.6. The van der Waals surface area contributed by atoms with E-state index in [0.717, 1.165) is 142 Å². The standard InChI is InChI=1S/C57H109NO5/c1-3-48-58(49-4-2)50-38-37-47-57(63,45-35-27-25-33-43-53(55(59)60)51-39-29-21-17-13-9-5-6-10-14-18-22-30-40-51)46-36-28-26-34-44-54(56(61)62)52-41-31-23-19-15-11-7-8-12-16-20-24-32-42-52/h51-54,63H,3-50H2,1-2H3,(H,59,60)(H,61,62). The van der Waals surface area contributed by atoms with Gasteiger partial charge in [-0.25, -0.2) is 0 Å². The number of aliphatic carboxylic acids is 2. The third kappa shape index (κ3) is 30.7. The Labute approximate surface area is 392 Å². The van der Waals surface area contributed by atoms with E-state index in [1.54, 1.807) is 0 Å². The fourth-order valence-electron chi connectivity index (χ4n) is 11.9. The molecule has 0 aromatic heterocycles. The Bertz CT molecular complexity index is 946. The van der Waals surface area contributed by atoms with Crippen molar-refractivity contribution >= 4 is 11.9 Å². The lowest BCUT2D eigenvalue weighted by Gasteiger charge is -2.29. The van der Waals surface area contributed by atoms with E-state index in [2.05, 4.69) is 18.7 Å². The minimum atomic E-state index is -0.636. The second-order valence-corrected chi connectivity index (χ2v) is 21.5. The Morgan fingerprint density at radius 1 is 0.413 bits per heavy atom. The molecular formula is C57H109NO5. The van der Waals surface area contributed by atoms with E-state index in [1.165, 1.54) is 167 Å². The van der Waals surface area contributed by atoms with Crippen molar-refractivity contribution in [2.45, 2.75) is 308 Å². The van der Waals surface area contributed by atoms with Gasteiger partial charge in [0.15, 0.2) is 0 Å². The Balaban J connectivity index is 1.88. The molecule has 3 N–H and O–H groups in total. The largest absolute Gasteiger partial charge is 0.481 e. The maximum Gasteiger partial charge on any atom is 0.306 e. The van der Waals surface area contributed by atoms with Crippen LogP contribution >= 0.6 is 0 Å². The lowest BCUT2D eigenvalue weighted by molar-refractivity contribution is -0.145. The van der Waals surface area contributed by atoms with Crippen LogP contribution in [-0.2, 0) is 9.59 Å². The Hall–Kier alpha value is -1.14. The summed E-state index contributed by atoms with van der Waals surface area (Å²) >= 11 is 0. The predicted octanol–water partition coefficient (Wildman–Crippen LogP) is 17.3. The van der Waals surface area contributed by atoms with E-state index in [0.29, 0.717) is 11.8 Å². The molecule has 2 atom stereocenters. The first-order valence-corrected chi connectivity index (χ1v) is 28.7. The van der Waals surface area contributed by atoms with E-state index in [-0.39, 0.29) is 11.8 Å². The predicted molar refractivity (Wildman–Crippen MR) is 270 cm³/mol. The number of carboxylic acid groups (broad SMARTS) is 2. The van der Waals surface area contributed by atoms with E-state index in [9.17, 15) is 24.9 Å². The molecule has 0 aromatic rings. The van der Waals surface area contributed by atoms with Crippen molar-refractivity contribution in [2.24, 2.45) is 23.7 Å². The molecule has 6 heteroatoms. The van der Waals surface area contributed by atoms with E-state index >= 15 is 0 Å². The molecule has 6 nitrogen and oxygen atoms in total. The molecule has 2 aliphatic rings. The van der Waals surface area contributed by atoms with E-state index in [4.69, 9.17) is 0 Å². The minimum Gasteiger partial charge on any atom is -0.481 e. The SMILES string of the molecule is CCCN(CCC)CCCCC(O)(CCCCCCC(C(=O)O)C1CCCCCCCCCCCCCC1)CCCCCCC(C(=O)O)C1CCCCCCCCCCCCCC1. The van der Waals surface area contributed by atoms with Crippen molar-refractivity contribution in [3.05, 3.63) is 0 Å². The van der Waals surface area contributed by atoms with Crippen molar-refractivity contribution in [3.8, 4) is 0 Å². The quantitative estimate of drug-likeness (QED) is 0.0711. The lowest BCUT2D eigenvalue weighted by Crippen LogP contribution is -2.30. The van der Waals surface area contributed by atoms with Crippen LogP contribution in [-0.4, -0.2) is 57.4 Å². The van der Waals surface area contributed by atoms with Crippen LogP contribution in [0.3, 0.4) is 0 Å². The van der Waals surface area contributed by atoms with Crippen LogP contribution < -0.4 is 0 Å². The van der Waals surface area contributed by atoms with Gasteiger partial charge in [0.2, 0.25) is 0 Å². The number of unbranched alkanes of at least 4 members (excludes halogenated alkanes) is 7. The van der Waals surface area contributed by atoms with Crippen LogP contribution in [0.1, 0.15) is 303 Å². The first kappa shape index (κ1) is 58.0. The summed E-state index contributed by atoms with van der Waals surface area (Å²) in [4.78, 5) is 27.9. The average Bonchev–Trinajstić information content (AvgIpc) is 3.28. The zero-order valence-electron chi connectivity index (χ0n) is 42.4. The molecule has 0 amide bonds. The monoisotopic (exact) mass is 888 g/mol. The van der Waals surface area contributed by atoms with Crippen molar-refractivity contribution in [3.63, 3.8) is 0 Å². The lowest BCUT2D eigenvalue weighted by atomic mass is 9.80. The van der Waals surface area contributed by atoms with Crippen LogP contribution in [0, 0.1) is 23.7 Å². The van der Waals surface area contributed by atoms with Crippen molar-refractivity contribution < 1.29 is 24.9 Å². The number of nitrogens with zero attached hydrogens (tertiary/aromatic N) is 1. The highest BCUT2D eigenvalue weighted by Crippen LogP contribution is 2.34. The van der Waals surface area contributed by atoms with Crippen LogP contribution in [0.15, 0.2) is 0 Å². The molecule has 2 aliphatic carbocycles. The first-order valence-electron chi connectivity index (χ1n) is 28.7. The highest BCUT2D eigenvalue weighted by molar-refractivity contribution is 5.70. The Morgan fingerprint density at radius 2 is 0.683 bits per heavy atom. The van der Waals surface area contributed by atoms with Gasteiger partial charge in [0.05, 0.1) is 17.4 Å². The molecule has 2 rings (SSSR count). The zero-order valence-corrected chi connectivity index (χ0v) is 42.4. The van der Waals surface area contributed by atoms with Gasteiger partial charge in [-0.3, -0.25) is 9.59 Å². The van der Waals surface area contributed by atoms with Gasteiger partial charge in [0.25, 0.3) is 0 Å². The van der Waals surface area contributed by atoms with Gasteiger partial charge in [0.1, 0.15) is 0 Å². The summed E-state index contributed by atoms with van der Waals surface area (Å²) in [6, 6.07) is 0. The number of aliphatic hydroxyl groups is 1. The normalized spacial score (nSPS) is 20.7. The summed E-state index contributed by atoms with van der Waals surface area (Å²) in [5, 5.41) is 32.9. The van der Waals surface area contributed by atoms with Gasteiger partial charge in [-0.05, 0) is 115 Å². The number of hydrogen-bond acceptors (Lipinski definition) is 4. The first-order chi connectivity index (χ1) is 30.8. The molecule has 372 valence electrons. The summed E-state index contributed by atoms with van der Waals surface area (Å²) in [7, 11) is 0. The maximum absolute atomic E-state index is 12.6. The minimum absolute atomic E-state index is 0.206. The zero-order chi connectivity index (χ0) is 45.5. The summed E-state index contributed by atoms with van der Waals surface area (Å²) in [5.74, 6) is -0.909. The number of hydrogen-bond donors (Lipinski definition) is 3. The topological polar surface area (TPSA) is 98.1 Å². The van der Waals surface area contributed by atoms with Crippen LogP contribution in [0.5, 0.6) is 0 Å². The summed E-state index contributed by atoms with van der Waals surface area (Å²) < 4.78 is 0. The van der Waals surface area contributed by atoms with Gasteiger partial charge in [-0.2, -0.15) is 0 Å². The Kier molecular flexibility index (Phi) is 36.8. The van der Waals surface area contributed by atoms with Crippen molar-refractivity contribution in [1.82, 2.24) is 4.90 Å². The summed E-state index contributed by atoms with van der Waals surface area (Å²) in [5.41, 5.74) is -0.636. The van der Waals surface area contributed by atoms with Crippen LogP contribution in [0.4, 0.5) is 0 Å². The summed E-state index contributed by atoms with van der Waals surface area (Å²) in [6.45, 7) is 7.97. The third-order valence-corrected chi connectivity index (χ3v) is 15.8. The molecule has 2 fully saturated rings. The molecule has 2 unspecified atom stereocenters. The molecule has 0 aromatic carbocycles. The highest BCUT2D eigenvalue weighted by Gasteiger charge is 2.29. The second-order valence-electron chi connectivity index (χ2n) is 21.5. The molecule has 63 heavy (non-hydrogen) atoms. The van der Waals surface area contributed by atoms with Gasteiger partial charge < -0.3 is 20.2 Å². The molecule has 0 spiro atoms. The van der Waals surface area contributed by atoms with Crippen molar-refractivity contribution in [1.29, 1.82) is 0 Å². The average molecular weight is 889 g/mol. The van der Waals surface area contributed by atoms with Gasteiger partial charge in [-0.1, -0.05) is 219 Å². The summed E-state index contributed by atoms with van der Waals surface area (Å²) in [6.07, 6.45) is 52.7. The van der Waals surface area contributed by atoms with E-state index < -0.39 is 17.5 Å². The molecule has 0 bridgehead atoms. The molecule has 0 radical (unpaired) electrons. The van der Waals surface area contributed by atoms with Crippen molar-refractivity contribution in [2.75, 3.05) is 19.6 Å². The van der Waals surface area contributed by atoms with Crippen LogP contribution in [0.2, 0.25) is 0 Å². The molecule has 0 saturated heterocycles. The van der Waals surface area contributed by atoms with E-state index in [1.807, 2.05) is 0 Å². The molecule has 0 aliphatic heterocycles. The fourth-order valence-corrected chi connectivity index (χ4v) is 11.9. The number of carboxylic acids is 2. The molecule has 0 heterocycles. The third-order valence-electron chi connectivity index (χ3n) is 15.8. The molecule has 2 saturated carbocycles. The van der Waals surface area contributed by atoms with Crippen LogP contribution in [0.25, 0.3) is 0 Å². The Morgan fingerprint density at radius 3 is 0.968 bits per heavy atom. The number of carbonyl (C=O) groups is 2. The van der Waals surface area contributed by atoms with Gasteiger partial charge in [-0.15, -0.1) is 0 Å².